The van der Waals surface area contributed by atoms with Crippen LogP contribution in [0.4, 0.5) is 5.69 Å². The number of aromatic nitrogens is 1. The van der Waals surface area contributed by atoms with E-state index in [-0.39, 0.29) is 24.2 Å². The Bertz CT molecular complexity index is 949. The van der Waals surface area contributed by atoms with Crippen LogP contribution in [-0.2, 0) is 22.6 Å². The molecular weight excluding hydrogens is 342 g/mol. The first-order chi connectivity index (χ1) is 13.1. The normalized spacial score (nSPS) is 11.9. The van der Waals surface area contributed by atoms with Crippen LogP contribution >= 0.6 is 0 Å². The van der Waals surface area contributed by atoms with E-state index >= 15 is 0 Å². The summed E-state index contributed by atoms with van der Waals surface area (Å²) in [6.45, 7) is 4.25. The molecule has 0 unspecified atom stereocenters. The van der Waals surface area contributed by atoms with Crippen LogP contribution in [0.3, 0.4) is 0 Å². The highest BCUT2D eigenvalue weighted by Gasteiger charge is 2.13. The summed E-state index contributed by atoms with van der Waals surface area (Å²) in [4.78, 5) is 24.3. The summed E-state index contributed by atoms with van der Waals surface area (Å²) in [7, 11) is 0. The van der Waals surface area contributed by atoms with Gasteiger partial charge in [0.05, 0.1) is 6.42 Å². The second kappa shape index (κ2) is 8.49. The Morgan fingerprint density at radius 1 is 1.15 bits per heavy atom. The molecule has 0 aliphatic heterocycles. The van der Waals surface area contributed by atoms with Gasteiger partial charge in [0.25, 0.3) is 0 Å². The molecule has 1 aromatic heterocycles. The monoisotopic (exact) mass is 365 g/mol. The van der Waals surface area contributed by atoms with Gasteiger partial charge in [0.15, 0.2) is 5.58 Å². The van der Waals surface area contributed by atoms with E-state index < -0.39 is 0 Å². The molecule has 6 heteroatoms. The average molecular weight is 365 g/mol. The lowest BCUT2D eigenvalue weighted by molar-refractivity contribution is -0.121. The second-order valence-electron chi connectivity index (χ2n) is 6.58. The van der Waals surface area contributed by atoms with Gasteiger partial charge in [0, 0.05) is 23.5 Å². The van der Waals surface area contributed by atoms with E-state index in [1.165, 1.54) is 0 Å². The molecule has 0 spiro atoms. The number of nitrogens with zero attached hydrogens (tertiary/aromatic N) is 1. The van der Waals surface area contributed by atoms with Crippen LogP contribution < -0.4 is 10.6 Å². The van der Waals surface area contributed by atoms with Gasteiger partial charge in [-0.05, 0) is 36.2 Å². The summed E-state index contributed by atoms with van der Waals surface area (Å²) >= 11 is 0. The van der Waals surface area contributed by atoms with Crippen LogP contribution in [0.5, 0.6) is 0 Å². The molecule has 140 valence electrons. The Morgan fingerprint density at radius 2 is 1.96 bits per heavy atom. The van der Waals surface area contributed by atoms with Gasteiger partial charge >= 0.3 is 0 Å². The number of fused-ring (bicyclic) bond motifs is 1. The third kappa shape index (κ3) is 4.73. The first-order valence-corrected chi connectivity index (χ1v) is 9.06. The molecule has 2 N–H and O–H groups in total. The van der Waals surface area contributed by atoms with E-state index in [1.54, 1.807) is 0 Å². The van der Waals surface area contributed by atoms with E-state index in [9.17, 15) is 9.59 Å². The predicted molar refractivity (Wildman–Crippen MR) is 104 cm³/mol. The third-order valence-electron chi connectivity index (χ3n) is 4.52. The lowest BCUT2D eigenvalue weighted by atomic mass is 10.1. The first-order valence-electron chi connectivity index (χ1n) is 9.06. The third-order valence-corrected chi connectivity index (χ3v) is 4.52. The molecule has 0 bridgehead atoms. The van der Waals surface area contributed by atoms with E-state index in [0.717, 1.165) is 23.1 Å². The van der Waals surface area contributed by atoms with Gasteiger partial charge in [-0.1, -0.05) is 43.3 Å². The van der Waals surface area contributed by atoms with Gasteiger partial charge < -0.3 is 15.2 Å². The van der Waals surface area contributed by atoms with Gasteiger partial charge in [-0.3, -0.25) is 9.59 Å². The minimum absolute atomic E-state index is 0.00315. The molecule has 27 heavy (non-hydrogen) atoms. The number of nitrogens with one attached hydrogen (secondary N) is 2. The van der Waals surface area contributed by atoms with Gasteiger partial charge in [-0.25, -0.2) is 0 Å². The van der Waals surface area contributed by atoms with E-state index in [2.05, 4.69) is 15.8 Å². The minimum atomic E-state index is -0.136. The predicted octanol–water partition coefficient (Wildman–Crippen LogP) is 3.67. The Labute approximate surface area is 157 Å². The SMILES string of the molecule is CC[C@@H](C)C(=O)Nc1cccc(CNC(=O)Cc2noc3ccccc23)c1. The molecule has 2 aromatic carbocycles. The number of benzene rings is 2. The molecule has 0 fully saturated rings. The minimum Gasteiger partial charge on any atom is -0.356 e. The largest absolute Gasteiger partial charge is 0.356 e. The molecule has 0 aliphatic rings. The van der Waals surface area contributed by atoms with Crippen molar-refractivity contribution in [3.8, 4) is 0 Å². The summed E-state index contributed by atoms with van der Waals surface area (Å²) in [5, 5.41) is 10.6. The lowest BCUT2D eigenvalue weighted by Gasteiger charge is -2.11. The van der Waals surface area contributed by atoms with Crippen molar-refractivity contribution in [2.45, 2.75) is 33.2 Å². The standard InChI is InChI=1S/C21H23N3O3/c1-3-14(2)21(26)23-16-8-6-7-15(11-16)13-22-20(25)12-18-17-9-4-5-10-19(17)27-24-18/h4-11,14H,3,12-13H2,1-2H3,(H,22,25)(H,23,26)/t14-/m1/s1. The smallest absolute Gasteiger partial charge is 0.227 e. The Morgan fingerprint density at radius 3 is 2.78 bits per heavy atom. The zero-order valence-corrected chi connectivity index (χ0v) is 15.5. The quantitative estimate of drug-likeness (QED) is 0.669. The number of hydrogen-bond donors (Lipinski definition) is 2. The molecule has 1 heterocycles. The van der Waals surface area contributed by atoms with Crippen LogP contribution in [0.15, 0.2) is 53.1 Å². The van der Waals surface area contributed by atoms with Crippen molar-refractivity contribution < 1.29 is 14.1 Å². The Balaban J connectivity index is 1.57. The van der Waals surface area contributed by atoms with Crippen molar-refractivity contribution in [1.29, 1.82) is 0 Å². The van der Waals surface area contributed by atoms with Gasteiger partial charge in [-0.2, -0.15) is 0 Å². The zero-order chi connectivity index (χ0) is 19.2. The molecule has 0 aliphatic carbocycles. The van der Waals surface area contributed by atoms with Crippen LogP contribution in [0.2, 0.25) is 0 Å². The summed E-state index contributed by atoms with van der Waals surface area (Å²) < 4.78 is 5.22. The fraction of sp³-hybridized carbons (Fsp3) is 0.286. The summed E-state index contributed by atoms with van der Waals surface area (Å²) in [6.07, 6.45) is 0.944. The van der Waals surface area contributed by atoms with E-state index in [1.807, 2.05) is 62.4 Å². The van der Waals surface area contributed by atoms with Crippen molar-refractivity contribution in [2.24, 2.45) is 5.92 Å². The second-order valence-corrected chi connectivity index (χ2v) is 6.58. The fourth-order valence-corrected chi connectivity index (χ4v) is 2.69. The van der Waals surface area contributed by atoms with Crippen LogP contribution in [-0.4, -0.2) is 17.0 Å². The number of hydrogen-bond acceptors (Lipinski definition) is 4. The maximum absolute atomic E-state index is 12.3. The first kappa shape index (κ1) is 18.6. The van der Waals surface area contributed by atoms with E-state index in [0.29, 0.717) is 17.8 Å². The van der Waals surface area contributed by atoms with Crippen LogP contribution in [0.1, 0.15) is 31.5 Å². The molecule has 1 atom stereocenters. The lowest BCUT2D eigenvalue weighted by Crippen LogP contribution is -2.25. The van der Waals surface area contributed by atoms with Crippen LogP contribution in [0, 0.1) is 5.92 Å². The molecule has 3 aromatic rings. The maximum Gasteiger partial charge on any atom is 0.227 e. The molecule has 3 rings (SSSR count). The van der Waals surface area contributed by atoms with E-state index in [4.69, 9.17) is 4.52 Å². The number of anilines is 1. The molecule has 0 saturated carbocycles. The zero-order valence-electron chi connectivity index (χ0n) is 15.5. The number of amides is 2. The Kier molecular flexibility index (Phi) is 5.86. The highest BCUT2D eigenvalue weighted by molar-refractivity contribution is 5.92. The maximum atomic E-state index is 12.3. The molecule has 6 nitrogen and oxygen atoms in total. The highest BCUT2D eigenvalue weighted by Crippen LogP contribution is 2.18. The summed E-state index contributed by atoms with van der Waals surface area (Å²) in [6, 6.07) is 14.9. The number of para-hydroxylation sites is 1. The van der Waals surface area contributed by atoms with Crippen molar-refractivity contribution in [1.82, 2.24) is 10.5 Å². The number of rotatable bonds is 7. The molecular formula is C21H23N3O3. The Hall–Kier alpha value is -3.15. The van der Waals surface area contributed by atoms with Crippen LogP contribution in [0.25, 0.3) is 11.0 Å². The molecule has 2 amide bonds. The van der Waals surface area contributed by atoms with Crippen molar-refractivity contribution in [2.75, 3.05) is 5.32 Å². The number of carbonyl (C=O) groups is 2. The average Bonchev–Trinajstić information content (AvgIpc) is 3.09. The van der Waals surface area contributed by atoms with Crippen molar-refractivity contribution >= 4 is 28.5 Å². The van der Waals surface area contributed by atoms with Gasteiger partial charge in [0.1, 0.15) is 5.69 Å². The molecule has 0 radical (unpaired) electrons. The highest BCUT2D eigenvalue weighted by atomic mass is 16.5. The topological polar surface area (TPSA) is 84.2 Å². The molecule has 0 saturated heterocycles. The number of carbonyl (C=O) groups excluding carboxylic acids is 2. The summed E-state index contributed by atoms with van der Waals surface area (Å²) in [5.41, 5.74) is 2.94. The van der Waals surface area contributed by atoms with Gasteiger partial charge in [-0.15, -0.1) is 0 Å². The van der Waals surface area contributed by atoms with Gasteiger partial charge in [0.2, 0.25) is 11.8 Å². The fourth-order valence-electron chi connectivity index (χ4n) is 2.69. The van der Waals surface area contributed by atoms with Crippen molar-refractivity contribution in [3.05, 3.63) is 59.8 Å². The summed E-state index contributed by atoms with van der Waals surface area (Å²) in [5.74, 6) is -0.176. The van der Waals surface area contributed by atoms with Crippen molar-refractivity contribution in [3.63, 3.8) is 0 Å².